The maximum atomic E-state index is 9.53. The van der Waals surface area contributed by atoms with Gasteiger partial charge in [-0.2, -0.15) is 0 Å². The molecule has 16 heavy (non-hydrogen) atoms. The Kier molecular flexibility index (Phi) is 6.08. The number of aliphatic hydroxyl groups is 1. The van der Waals surface area contributed by atoms with Crippen LogP contribution in [0.15, 0.2) is 30.3 Å². The lowest BCUT2D eigenvalue weighted by atomic mass is 10.2. The highest BCUT2D eigenvalue weighted by atomic mass is 16.5. The number of hydrogen-bond donors (Lipinski definition) is 1. The van der Waals surface area contributed by atoms with E-state index in [-0.39, 0.29) is 6.10 Å². The second-order valence-electron chi connectivity index (χ2n) is 4.04. The molecule has 1 aromatic rings. The molecule has 0 aromatic heterocycles. The van der Waals surface area contributed by atoms with Gasteiger partial charge in [0.05, 0.1) is 25.9 Å². The second-order valence-corrected chi connectivity index (χ2v) is 4.04. The Morgan fingerprint density at radius 2 is 1.81 bits per heavy atom. The van der Waals surface area contributed by atoms with Crippen molar-refractivity contribution in [2.24, 2.45) is 0 Å². The van der Waals surface area contributed by atoms with Crippen LogP contribution in [0.1, 0.15) is 19.4 Å². The minimum absolute atomic E-state index is 0.142. The normalized spacial score (nSPS) is 13.0. The van der Waals surface area contributed by atoms with Gasteiger partial charge in [-0.25, -0.2) is 0 Å². The van der Waals surface area contributed by atoms with Crippen molar-refractivity contribution < 1.29 is 14.6 Å². The van der Waals surface area contributed by atoms with Crippen LogP contribution in [-0.4, -0.2) is 30.5 Å². The Balaban J connectivity index is 2.11. The molecule has 0 amide bonds. The largest absolute Gasteiger partial charge is 0.388 e. The fraction of sp³-hybridized carbons (Fsp3) is 0.538. The maximum absolute atomic E-state index is 9.53. The molecule has 0 fully saturated rings. The van der Waals surface area contributed by atoms with Crippen LogP contribution in [-0.2, 0) is 16.1 Å². The zero-order valence-corrected chi connectivity index (χ0v) is 9.93. The number of rotatable bonds is 7. The van der Waals surface area contributed by atoms with Crippen molar-refractivity contribution in [2.75, 3.05) is 13.2 Å². The van der Waals surface area contributed by atoms with Crippen LogP contribution in [0.25, 0.3) is 0 Å². The zero-order valence-electron chi connectivity index (χ0n) is 9.93. The van der Waals surface area contributed by atoms with E-state index in [0.29, 0.717) is 19.8 Å². The van der Waals surface area contributed by atoms with Crippen LogP contribution in [0.4, 0.5) is 0 Å². The predicted molar refractivity (Wildman–Crippen MR) is 63.2 cm³/mol. The van der Waals surface area contributed by atoms with E-state index in [0.717, 1.165) is 5.56 Å². The Bertz CT molecular complexity index is 272. The average Bonchev–Trinajstić information content (AvgIpc) is 2.28. The average molecular weight is 224 g/mol. The van der Waals surface area contributed by atoms with Gasteiger partial charge in [0.25, 0.3) is 0 Å². The van der Waals surface area contributed by atoms with Crippen LogP contribution >= 0.6 is 0 Å². The molecule has 0 aliphatic carbocycles. The molecule has 1 aromatic carbocycles. The third kappa shape index (κ3) is 5.85. The predicted octanol–water partition coefficient (Wildman–Crippen LogP) is 1.99. The molecule has 0 saturated carbocycles. The lowest BCUT2D eigenvalue weighted by Crippen LogP contribution is -2.23. The molecule has 0 aliphatic heterocycles. The minimum Gasteiger partial charge on any atom is -0.388 e. The zero-order chi connectivity index (χ0) is 11.8. The summed E-state index contributed by atoms with van der Waals surface area (Å²) in [4.78, 5) is 0. The number of benzene rings is 1. The van der Waals surface area contributed by atoms with Crippen molar-refractivity contribution in [3.63, 3.8) is 0 Å². The van der Waals surface area contributed by atoms with E-state index in [9.17, 15) is 5.11 Å². The summed E-state index contributed by atoms with van der Waals surface area (Å²) in [7, 11) is 0. The topological polar surface area (TPSA) is 38.7 Å². The first-order chi connectivity index (χ1) is 7.68. The smallest absolute Gasteiger partial charge is 0.101 e. The summed E-state index contributed by atoms with van der Waals surface area (Å²) in [5, 5.41) is 9.53. The first-order valence-electron chi connectivity index (χ1n) is 5.60. The van der Waals surface area contributed by atoms with Gasteiger partial charge in [0.2, 0.25) is 0 Å². The van der Waals surface area contributed by atoms with Gasteiger partial charge in [0, 0.05) is 0 Å². The maximum Gasteiger partial charge on any atom is 0.101 e. The standard InChI is InChI=1S/C13H20O3/c1-11(2)16-10-13(14)9-15-8-12-6-4-3-5-7-12/h3-7,11,13-14H,8-10H2,1-2H3. The molecule has 3 heteroatoms. The fourth-order valence-electron chi connectivity index (χ4n) is 1.24. The molecule has 1 atom stereocenters. The summed E-state index contributed by atoms with van der Waals surface area (Å²) in [6.07, 6.45) is -0.408. The first-order valence-corrected chi connectivity index (χ1v) is 5.60. The third-order valence-corrected chi connectivity index (χ3v) is 2.04. The van der Waals surface area contributed by atoms with Crippen LogP contribution in [0.5, 0.6) is 0 Å². The van der Waals surface area contributed by atoms with Gasteiger partial charge in [-0.15, -0.1) is 0 Å². The highest BCUT2D eigenvalue weighted by Gasteiger charge is 2.05. The summed E-state index contributed by atoms with van der Waals surface area (Å²) in [5.41, 5.74) is 1.11. The molecule has 90 valence electrons. The summed E-state index contributed by atoms with van der Waals surface area (Å²) in [5.74, 6) is 0. The molecule has 0 bridgehead atoms. The van der Waals surface area contributed by atoms with E-state index >= 15 is 0 Å². The van der Waals surface area contributed by atoms with Crippen molar-refractivity contribution in [1.82, 2.24) is 0 Å². The van der Waals surface area contributed by atoms with E-state index in [4.69, 9.17) is 9.47 Å². The number of hydrogen-bond acceptors (Lipinski definition) is 3. The summed E-state index contributed by atoms with van der Waals surface area (Å²) >= 11 is 0. The number of ether oxygens (including phenoxy) is 2. The van der Waals surface area contributed by atoms with E-state index in [1.807, 2.05) is 44.2 Å². The summed E-state index contributed by atoms with van der Waals surface area (Å²) in [6, 6.07) is 9.90. The van der Waals surface area contributed by atoms with Crippen molar-refractivity contribution in [3.05, 3.63) is 35.9 Å². The molecule has 0 radical (unpaired) electrons. The van der Waals surface area contributed by atoms with Gasteiger partial charge in [-0.1, -0.05) is 30.3 Å². The van der Waals surface area contributed by atoms with Crippen LogP contribution in [0, 0.1) is 0 Å². The molecule has 0 aliphatic rings. The quantitative estimate of drug-likeness (QED) is 0.769. The Hall–Kier alpha value is -0.900. The summed E-state index contributed by atoms with van der Waals surface area (Å²) < 4.78 is 10.7. The highest BCUT2D eigenvalue weighted by Crippen LogP contribution is 2.01. The molecule has 0 saturated heterocycles. The van der Waals surface area contributed by atoms with Gasteiger partial charge in [-0.05, 0) is 19.4 Å². The summed E-state index contributed by atoms with van der Waals surface area (Å²) in [6.45, 7) is 5.04. The highest BCUT2D eigenvalue weighted by molar-refractivity contribution is 5.13. The van der Waals surface area contributed by atoms with Gasteiger partial charge in [-0.3, -0.25) is 0 Å². The van der Waals surface area contributed by atoms with Gasteiger partial charge < -0.3 is 14.6 Å². The lowest BCUT2D eigenvalue weighted by Gasteiger charge is -2.13. The first kappa shape index (κ1) is 13.2. The second kappa shape index (κ2) is 7.39. The van der Waals surface area contributed by atoms with Crippen molar-refractivity contribution in [2.45, 2.75) is 32.7 Å². The van der Waals surface area contributed by atoms with E-state index in [1.165, 1.54) is 0 Å². The SMILES string of the molecule is CC(C)OCC(O)COCc1ccccc1. The van der Waals surface area contributed by atoms with Crippen molar-refractivity contribution in [3.8, 4) is 0 Å². The molecule has 1 N–H and O–H groups in total. The molecule has 3 nitrogen and oxygen atoms in total. The van der Waals surface area contributed by atoms with Crippen LogP contribution in [0.3, 0.4) is 0 Å². The molecule has 1 unspecified atom stereocenters. The fourth-order valence-corrected chi connectivity index (χ4v) is 1.24. The monoisotopic (exact) mass is 224 g/mol. The Labute approximate surface area is 97.0 Å². The van der Waals surface area contributed by atoms with Crippen molar-refractivity contribution >= 4 is 0 Å². The molecular weight excluding hydrogens is 204 g/mol. The lowest BCUT2D eigenvalue weighted by molar-refractivity contribution is -0.0390. The Morgan fingerprint density at radius 3 is 2.44 bits per heavy atom. The Morgan fingerprint density at radius 1 is 1.12 bits per heavy atom. The van der Waals surface area contributed by atoms with E-state index in [1.54, 1.807) is 0 Å². The minimum atomic E-state index is -0.550. The van der Waals surface area contributed by atoms with Gasteiger partial charge >= 0.3 is 0 Å². The van der Waals surface area contributed by atoms with E-state index < -0.39 is 6.10 Å². The van der Waals surface area contributed by atoms with Gasteiger partial charge in [0.1, 0.15) is 6.10 Å². The third-order valence-electron chi connectivity index (χ3n) is 2.04. The van der Waals surface area contributed by atoms with Crippen molar-refractivity contribution in [1.29, 1.82) is 0 Å². The van der Waals surface area contributed by atoms with Crippen LogP contribution < -0.4 is 0 Å². The molecule has 0 spiro atoms. The van der Waals surface area contributed by atoms with Gasteiger partial charge in [0.15, 0.2) is 0 Å². The van der Waals surface area contributed by atoms with E-state index in [2.05, 4.69) is 0 Å². The number of aliphatic hydroxyl groups excluding tert-OH is 1. The van der Waals surface area contributed by atoms with Crippen LogP contribution in [0.2, 0.25) is 0 Å². The molecule has 0 heterocycles. The molecule has 1 rings (SSSR count). The molecular formula is C13H20O3.